The van der Waals surface area contributed by atoms with Crippen LogP contribution in [-0.2, 0) is 10.1 Å². The minimum absolute atomic E-state index is 0.0557. The third kappa shape index (κ3) is 4.14. The zero-order valence-electron chi connectivity index (χ0n) is 11.6. The zero-order valence-corrected chi connectivity index (χ0v) is 16.7. The van der Waals surface area contributed by atoms with Crippen LogP contribution in [0.4, 0.5) is 0 Å². The molecule has 0 aromatic heterocycles. The molecule has 23 heavy (non-hydrogen) atoms. The highest BCUT2D eigenvalue weighted by molar-refractivity contribution is 14.1. The third-order valence-electron chi connectivity index (χ3n) is 2.99. The van der Waals surface area contributed by atoms with Gasteiger partial charge in [-0.05, 0) is 88.0 Å². The lowest BCUT2D eigenvalue weighted by Gasteiger charge is -2.11. The second-order valence-corrected chi connectivity index (χ2v) is 8.27. The Morgan fingerprint density at radius 1 is 1.13 bits per heavy atom. The summed E-state index contributed by atoms with van der Waals surface area (Å²) < 4.78 is 37.3. The lowest BCUT2D eigenvalue weighted by atomic mass is 10.1. The van der Waals surface area contributed by atoms with Crippen LogP contribution in [0, 0.1) is 14.1 Å². The summed E-state index contributed by atoms with van der Waals surface area (Å²) in [6.07, 6.45) is 0. The van der Waals surface area contributed by atoms with Crippen LogP contribution in [0.15, 0.2) is 35.2 Å². The van der Waals surface area contributed by atoms with Crippen LogP contribution in [0.3, 0.4) is 0 Å². The number of benzene rings is 2. The summed E-state index contributed by atoms with van der Waals surface area (Å²) >= 11 is 3.96. The summed E-state index contributed by atoms with van der Waals surface area (Å²) in [6, 6.07) is 6.45. The van der Waals surface area contributed by atoms with Crippen LogP contribution >= 0.6 is 45.2 Å². The topological polar surface area (TPSA) is 101 Å². The molecule has 122 valence electrons. The Morgan fingerprint density at radius 2 is 1.70 bits per heavy atom. The Balaban J connectivity index is 2.34. The molecule has 0 saturated carbocycles. The van der Waals surface area contributed by atoms with E-state index in [9.17, 15) is 18.3 Å². The summed E-state index contributed by atoms with van der Waals surface area (Å²) in [5, 5.41) is 10.1. The van der Waals surface area contributed by atoms with E-state index in [0.717, 1.165) is 15.7 Å². The maximum atomic E-state index is 12.3. The van der Waals surface area contributed by atoms with Crippen molar-refractivity contribution in [2.45, 2.75) is 11.8 Å². The summed E-state index contributed by atoms with van der Waals surface area (Å²) in [7, 11) is -4.31. The molecule has 0 aliphatic rings. The second-order valence-electron chi connectivity index (χ2n) is 4.52. The first kappa shape index (κ1) is 18.4. The van der Waals surface area contributed by atoms with Crippen molar-refractivity contribution in [1.29, 1.82) is 0 Å². The number of ether oxygens (including phenoxy) is 1. The first-order valence-electron chi connectivity index (χ1n) is 6.08. The molecule has 0 aliphatic heterocycles. The van der Waals surface area contributed by atoms with Gasteiger partial charge < -0.3 is 9.84 Å². The monoisotopic (exact) mass is 560 g/mol. The molecule has 0 fully saturated rings. The van der Waals surface area contributed by atoms with Gasteiger partial charge in [-0.3, -0.25) is 4.55 Å². The Hall–Kier alpha value is -0.920. The average molecular weight is 560 g/mol. The van der Waals surface area contributed by atoms with E-state index >= 15 is 0 Å². The van der Waals surface area contributed by atoms with Crippen molar-refractivity contribution >= 4 is 61.3 Å². The normalized spacial score (nSPS) is 11.3. The lowest BCUT2D eigenvalue weighted by molar-refractivity contribution is 0.0730. The van der Waals surface area contributed by atoms with E-state index in [1.807, 2.05) is 22.6 Å². The molecule has 2 aromatic rings. The lowest BCUT2D eigenvalue weighted by Crippen LogP contribution is -2.12. The predicted octanol–water partition coefficient (Wildman–Crippen LogP) is 3.38. The van der Waals surface area contributed by atoms with Gasteiger partial charge in [0.1, 0.15) is 17.1 Å². The van der Waals surface area contributed by atoms with Gasteiger partial charge >= 0.3 is 5.97 Å². The molecule has 6 nitrogen and oxygen atoms in total. The highest BCUT2D eigenvalue weighted by atomic mass is 127. The Morgan fingerprint density at radius 3 is 2.22 bits per heavy atom. The number of carbonyl (C=O) groups excluding carboxylic acids is 1. The van der Waals surface area contributed by atoms with Crippen LogP contribution < -0.4 is 4.74 Å². The molecule has 9 heteroatoms. The summed E-state index contributed by atoms with van der Waals surface area (Å²) in [6.45, 7) is 1.69. The predicted molar refractivity (Wildman–Crippen MR) is 99.5 cm³/mol. The van der Waals surface area contributed by atoms with Crippen LogP contribution in [-0.4, -0.2) is 24.0 Å². The second kappa shape index (κ2) is 6.91. The van der Waals surface area contributed by atoms with Gasteiger partial charge in [0.05, 0.1) is 8.47 Å². The van der Waals surface area contributed by atoms with E-state index in [0.29, 0.717) is 9.13 Å². The van der Waals surface area contributed by atoms with Gasteiger partial charge in [-0.15, -0.1) is 0 Å². The molecular formula is C14H10I2O6S. The maximum Gasteiger partial charge on any atom is 0.347 e. The zero-order chi connectivity index (χ0) is 17.4. The molecule has 2 aromatic carbocycles. The Kier molecular flexibility index (Phi) is 5.53. The SMILES string of the molecule is Cc1c(I)cc(I)c(O)c1C(=O)Oc1ccc(S(=O)(=O)O)cc1. The van der Waals surface area contributed by atoms with E-state index in [-0.39, 0.29) is 22.0 Å². The van der Waals surface area contributed by atoms with Crippen molar-refractivity contribution in [2.75, 3.05) is 0 Å². The highest BCUT2D eigenvalue weighted by Crippen LogP contribution is 2.31. The molecular weight excluding hydrogens is 550 g/mol. The van der Waals surface area contributed by atoms with Crippen LogP contribution in [0.25, 0.3) is 0 Å². The molecule has 0 radical (unpaired) electrons. The Bertz CT molecular complexity index is 849. The minimum Gasteiger partial charge on any atom is -0.506 e. The molecule has 0 unspecified atom stereocenters. The molecule has 2 N–H and O–H groups in total. The number of rotatable bonds is 3. The van der Waals surface area contributed by atoms with Crippen molar-refractivity contribution in [3.05, 3.63) is 48.6 Å². The van der Waals surface area contributed by atoms with Gasteiger partial charge in [-0.25, -0.2) is 4.79 Å². The third-order valence-corrected chi connectivity index (χ3v) is 5.80. The fourth-order valence-electron chi connectivity index (χ4n) is 1.79. The molecule has 0 aliphatic carbocycles. The largest absolute Gasteiger partial charge is 0.506 e. The van der Waals surface area contributed by atoms with Crippen molar-refractivity contribution in [3.63, 3.8) is 0 Å². The molecule has 0 atom stereocenters. The average Bonchev–Trinajstić information content (AvgIpc) is 2.45. The van der Waals surface area contributed by atoms with E-state index in [1.54, 1.807) is 13.0 Å². The fourth-order valence-corrected chi connectivity index (χ4v) is 4.03. The van der Waals surface area contributed by atoms with Gasteiger partial charge in [0.2, 0.25) is 0 Å². The standard InChI is InChI=1S/C14H10I2O6S/c1-7-10(15)6-11(16)13(17)12(7)14(18)22-8-2-4-9(5-3-8)23(19,20)21/h2-6,17H,1H3,(H,19,20,21). The van der Waals surface area contributed by atoms with Gasteiger partial charge in [-0.1, -0.05) is 0 Å². The van der Waals surface area contributed by atoms with E-state index in [2.05, 4.69) is 22.6 Å². The number of hydrogen-bond acceptors (Lipinski definition) is 5. The van der Waals surface area contributed by atoms with Crippen molar-refractivity contribution in [1.82, 2.24) is 0 Å². The van der Waals surface area contributed by atoms with Crippen molar-refractivity contribution in [3.8, 4) is 11.5 Å². The first-order chi connectivity index (χ1) is 10.6. The summed E-state index contributed by atoms with van der Waals surface area (Å²) in [5.74, 6) is -0.825. The number of hydrogen-bond donors (Lipinski definition) is 2. The van der Waals surface area contributed by atoms with Gasteiger partial charge in [0.15, 0.2) is 0 Å². The molecule has 2 rings (SSSR count). The van der Waals surface area contributed by atoms with Crippen LogP contribution in [0.5, 0.6) is 11.5 Å². The number of aromatic hydroxyl groups is 1. The molecule has 0 bridgehead atoms. The fraction of sp³-hybridized carbons (Fsp3) is 0.0714. The minimum atomic E-state index is -4.31. The summed E-state index contributed by atoms with van der Waals surface area (Å²) in [5.41, 5.74) is 0.642. The van der Waals surface area contributed by atoms with E-state index in [4.69, 9.17) is 9.29 Å². The van der Waals surface area contributed by atoms with Crippen LogP contribution in [0.1, 0.15) is 15.9 Å². The molecule has 0 saturated heterocycles. The quantitative estimate of drug-likeness (QED) is 0.259. The molecule has 0 spiro atoms. The van der Waals surface area contributed by atoms with E-state index in [1.165, 1.54) is 12.1 Å². The van der Waals surface area contributed by atoms with E-state index < -0.39 is 16.1 Å². The molecule has 0 heterocycles. The highest BCUT2D eigenvalue weighted by Gasteiger charge is 2.21. The van der Waals surface area contributed by atoms with Crippen LogP contribution in [0.2, 0.25) is 0 Å². The smallest absolute Gasteiger partial charge is 0.347 e. The summed E-state index contributed by atoms with van der Waals surface area (Å²) in [4.78, 5) is 12.0. The number of halogens is 2. The van der Waals surface area contributed by atoms with Crippen molar-refractivity contribution < 1.29 is 27.6 Å². The number of carbonyl (C=O) groups is 1. The van der Waals surface area contributed by atoms with Gasteiger partial charge in [0.25, 0.3) is 10.1 Å². The first-order valence-corrected chi connectivity index (χ1v) is 9.68. The van der Waals surface area contributed by atoms with Gasteiger partial charge in [0, 0.05) is 3.57 Å². The Labute approximate surface area is 159 Å². The van der Waals surface area contributed by atoms with Gasteiger partial charge in [-0.2, -0.15) is 8.42 Å². The number of phenolic OH excluding ortho intramolecular Hbond substituents is 1. The number of phenols is 1. The maximum absolute atomic E-state index is 12.3. The molecule has 0 amide bonds. The number of esters is 1. The van der Waals surface area contributed by atoms with Crippen molar-refractivity contribution in [2.24, 2.45) is 0 Å².